The van der Waals surface area contributed by atoms with Gasteiger partial charge in [-0.15, -0.1) is 11.8 Å². The summed E-state index contributed by atoms with van der Waals surface area (Å²) in [7, 11) is 0. The summed E-state index contributed by atoms with van der Waals surface area (Å²) in [5, 5.41) is 19.8. The molecule has 20 heavy (non-hydrogen) atoms. The Bertz CT molecular complexity index is 549. The van der Waals surface area contributed by atoms with E-state index in [0.717, 1.165) is 4.90 Å². The number of carboxylic acids is 2. The molecule has 0 aromatic heterocycles. The number of halogens is 1. The molecule has 0 radical (unpaired) electrons. The van der Waals surface area contributed by atoms with E-state index in [1.165, 1.54) is 23.9 Å². The van der Waals surface area contributed by atoms with Crippen LogP contribution in [0.3, 0.4) is 0 Å². The standard InChI is InChI=1S/C12H12ClNO5S/c1-20-6-2-3-8(13)7(4-6)11(17)14-9(12(18)19)5-10(15)16/h2-4,9H,5H2,1H3,(H,14,17)(H,15,16)(H,18,19). The van der Waals surface area contributed by atoms with Gasteiger partial charge >= 0.3 is 11.9 Å². The van der Waals surface area contributed by atoms with Gasteiger partial charge in [0, 0.05) is 4.90 Å². The molecule has 0 aliphatic carbocycles. The number of aliphatic carboxylic acids is 2. The number of nitrogens with one attached hydrogen (secondary N) is 1. The molecule has 1 aromatic carbocycles. The topological polar surface area (TPSA) is 104 Å². The molecule has 1 rings (SSSR count). The number of hydrogen-bond acceptors (Lipinski definition) is 4. The highest BCUT2D eigenvalue weighted by atomic mass is 35.5. The number of thioether (sulfide) groups is 1. The molecule has 0 saturated heterocycles. The van der Waals surface area contributed by atoms with E-state index in [0.29, 0.717) is 0 Å². The minimum atomic E-state index is -1.51. The predicted molar refractivity (Wildman–Crippen MR) is 74.4 cm³/mol. The van der Waals surface area contributed by atoms with Crippen LogP contribution < -0.4 is 5.32 Å². The fourth-order valence-electron chi connectivity index (χ4n) is 1.42. The summed E-state index contributed by atoms with van der Waals surface area (Å²) in [4.78, 5) is 34.2. The lowest BCUT2D eigenvalue weighted by Gasteiger charge is -2.13. The van der Waals surface area contributed by atoms with Gasteiger partial charge in [0.15, 0.2) is 0 Å². The van der Waals surface area contributed by atoms with Gasteiger partial charge in [-0.05, 0) is 24.5 Å². The Balaban J connectivity index is 2.94. The predicted octanol–water partition coefficient (Wildman–Crippen LogP) is 1.72. The summed E-state index contributed by atoms with van der Waals surface area (Å²) in [6.07, 6.45) is 1.11. The van der Waals surface area contributed by atoms with Crippen LogP contribution in [0.5, 0.6) is 0 Å². The van der Waals surface area contributed by atoms with Gasteiger partial charge in [-0.1, -0.05) is 11.6 Å². The molecule has 0 spiro atoms. The fraction of sp³-hybridized carbons (Fsp3) is 0.250. The van der Waals surface area contributed by atoms with Crippen LogP contribution in [-0.4, -0.2) is 40.4 Å². The molecule has 0 aliphatic heterocycles. The van der Waals surface area contributed by atoms with Crippen molar-refractivity contribution in [1.82, 2.24) is 5.32 Å². The van der Waals surface area contributed by atoms with Gasteiger partial charge in [-0.3, -0.25) is 9.59 Å². The molecule has 1 aromatic rings. The van der Waals surface area contributed by atoms with E-state index >= 15 is 0 Å². The Labute approximate surface area is 124 Å². The monoisotopic (exact) mass is 317 g/mol. The zero-order valence-electron chi connectivity index (χ0n) is 10.4. The summed E-state index contributed by atoms with van der Waals surface area (Å²) in [5.41, 5.74) is 0.107. The number of hydrogen-bond donors (Lipinski definition) is 3. The lowest BCUT2D eigenvalue weighted by molar-refractivity contribution is -0.145. The first-order valence-electron chi connectivity index (χ1n) is 5.44. The first-order valence-corrected chi connectivity index (χ1v) is 7.04. The summed E-state index contributed by atoms with van der Waals surface area (Å²) in [6, 6.07) is 3.25. The largest absolute Gasteiger partial charge is 0.481 e. The lowest BCUT2D eigenvalue weighted by Crippen LogP contribution is -2.42. The molecular weight excluding hydrogens is 306 g/mol. The zero-order valence-corrected chi connectivity index (χ0v) is 12.0. The maximum absolute atomic E-state index is 12.0. The lowest BCUT2D eigenvalue weighted by atomic mass is 10.1. The second-order valence-electron chi connectivity index (χ2n) is 3.81. The Morgan fingerprint density at radius 2 is 2.00 bits per heavy atom. The highest BCUT2D eigenvalue weighted by Gasteiger charge is 2.24. The van der Waals surface area contributed by atoms with Gasteiger partial charge in [0.1, 0.15) is 6.04 Å². The summed E-state index contributed by atoms with van der Waals surface area (Å²) in [5.74, 6) is -3.46. The molecule has 0 saturated carbocycles. The average molecular weight is 318 g/mol. The number of benzene rings is 1. The van der Waals surface area contributed by atoms with Crippen molar-refractivity contribution in [2.24, 2.45) is 0 Å². The first-order chi connectivity index (χ1) is 9.35. The van der Waals surface area contributed by atoms with Crippen molar-refractivity contribution in [3.63, 3.8) is 0 Å². The van der Waals surface area contributed by atoms with Crippen LogP contribution in [0.2, 0.25) is 5.02 Å². The molecule has 8 heteroatoms. The van der Waals surface area contributed by atoms with E-state index in [1.54, 1.807) is 6.07 Å². The van der Waals surface area contributed by atoms with E-state index < -0.39 is 30.3 Å². The quantitative estimate of drug-likeness (QED) is 0.690. The highest BCUT2D eigenvalue weighted by molar-refractivity contribution is 7.98. The van der Waals surface area contributed by atoms with Crippen molar-refractivity contribution in [3.8, 4) is 0 Å². The van der Waals surface area contributed by atoms with E-state index in [9.17, 15) is 14.4 Å². The third-order valence-corrected chi connectivity index (χ3v) is 3.46. The normalized spacial score (nSPS) is 11.7. The molecule has 108 valence electrons. The van der Waals surface area contributed by atoms with Crippen LogP contribution in [-0.2, 0) is 9.59 Å². The third-order valence-electron chi connectivity index (χ3n) is 2.40. The van der Waals surface area contributed by atoms with Gasteiger partial charge in [-0.2, -0.15) is 0 Å². The summed E-state index contributed by atoms with van der Waals surface area (Å²) in [6.45, 7) is 0. The van der Waals surface area contributed by atoms with Gasteiger partial charge in [-0.25, -0.2) is 4.79 Å². The van der Waals surface area contributed by atoms with Crippen LogP contribution in [0.15, 0.2) is 23.1 Å². The minimum absolute atomic E-state index is 0.107. The molecule has 0 aliphatic rings. The van der Waals surface area contributed by atoms with E-state index in [4.69, 9.17) is 21.8 Å². The van der Waals surface area contributed by atoms with Crippen molar-refractivity contribution >= 4 is 41.2 Å². The molecule has 0 heterocycles. The van der Waals surface area contributed by atoms with E-state index in [-0.39, 0.29) is 10.6 Å². The molecule has 1 unspecified atom stereocenters. The zero-order chi connectivity index (χ0) is 15.3. The average Bonchev–Trinajstić information content (AvgIpc) is 2.37. The van der Waals surface area contributed by atoms with E-state index in [1.807, 2.05) is 6.26 Å². The van der Waals surface area contributed by atoms with Gasteiger partial charge in [0.05, 0.1) is 17.0 Å². The summed E-state index contributed by atoms with van der Waals surface area (Å²) >= 11 is 7.28. The number of carbonyl (C=O) groups is 3. The Morgan fingerprint density at radius 1 is 1.35 bits per heavy atom. The molecule has 1 amide bonds. The number of rotatable bonds is 6. The molecular formula is C12H12ClNO5S. The third kappa shape index (κ3) is 4.43. The molecule has 1 atom stereocenters. The van der Waals surface area contributed by atoms with Crippen molar-refractivity contribution in [2.75, 3.05) is 6.26 Å². The Hall–Kier alpha value is -1.73. The smallest absolute Gasteiger partial charge is 0.326 e. The number of carboxylic acid groups (broad SMARTS) is 2. The van der Waals surface area contributed by atoms with Crippen molar-refractivity contribution < 1.29 is 24.6 Å². The van der Waals surface area contributed by atoms with Gasteiger partial charge in [0.25, 0.3) is 5.91 Å². The van der Waals surface area contributed by atoms with Crippen molar-refractivity contribution in [2.45, 2.75) is 17.4 Å². The Kier molecular flexibility index (Phi) is 5.84. The van der Waals surface area contributed by atoms with Crippen LogP contribution >= 0.6 is 23.4 Å². The number of amides is 1. The maximum atomic E-state index is 12.0. The second-order valence-corrected chi connectivity index (χ2v) is 5.09. The van der Waals surface area contributed by atoms with Crippen LogP contribution in [0, 0.1) is 0 Å². The highest BCUT2D eigenvalue weighted by Crippen LogP contribution is 2.23. The number of carbonyl (C=O) groups excluding carboxylic acids is 1. The van der Waals surface area contributed by atoms with Crippen molar-refractivity contribution in [1.29, 1.82) is 0 Å². The molecule has 6 nitrogen and oxygen atoms in total. The Morgan fingerprint density at radius 3 is 2.50 bits per heavy atom. The maximum Gasteiger partial charge on any atom is 0.326 e. The molecule has 3 N–H and O–H groups in total. The van der Waals surface area contributed by atoms with Crippen molar-refractivity contribution in [3.05, 3.63) is 28.8 Å². The first kappa shape index (κ1) is 16.3. The second kappa shape index (κ2) is 7.16. The van der Waals surface area contributed by atoms with Crippen LogP contribution in [0.25, 0.3) is 0 Å². The summed E-state index contributed by atoms with van der Waals surface area (Å²) < 4.78 is 0. The minimum Gasteiger partial charge on any atom is -0.481 e. The van der Waals surface area contributed by atoms with E-state index in [2.05, 4.69) is 5.32 Å². The molecule has 0 bridgehead atoms. The van der Waals surface area contributed by atoms with Crippen LogP contribution in [0.1, 0.15) is 16.8 Å². The van der Waals surface area contributed by atoms with Gasteiger partial charge in [0.2, 0.25) is 0 Å². The van der Waals surface area contributed by atoms with Gasteiger partial charge < -0.3 is 15.5 Å². The molecule has 0 fully saturated rings. The SMILES string of the molecule is CSc1ccc(Cl)c(C(=O)NC(CC(=O)O)C(=O)O)c1. The van der Waals surface area contributed by atoms with Crippen LogP contribution in [0.4, 0.5) is 0 Å². The fourth-order valence-corrected chi connectivity index (χ4v) is 2.06.